The number of aliphatic hydroxyl groups excluding tert-OH is 1. The third kappa shape index (κ3) is 3.79. The number of carbonyl (C=O) groups excluding carboxylic acids is 1. The summed E-state index contributed by atoms with van der Waals surface area (Å²) in [5, 5.41) is 21.4. The van der Waals surface area contributed by atoms with Crippen molar-refractivity contribution >= 4 is 17.6 Å². The van der Waals surface area contributed by atoms with E-state index in [4.69, 9.17) is 0 Å². The van der Waals surface area contributed by atoms with Crippen LogP contribution in [0.25, 0.3) is 11.1 Å². The lowest BCUT2D eigenvalue weighted by Gasteiger charge is -2.12. The molecule has 0 aliphatic rings. The van der Waals surface area contributed by atoms with Crippen LogP contribution >= 0.6 is 0 Å². The van der Waals surface area contributed by atoms with Gasteiger partial charge in [-0.2, -0.15) is 0 Å². The summed E-state index contributed by atoms with van der Waals surface area (Å²) in [5.41, 5.74) is 2.99. The van der Waals surface area contributed by atoms with Gasteiger partial charge in [-0.15, -0.1) is 0 Å². The largest absolute Gasteiger partial charge is 0.478 e. The Morgan fingerprint density at radius 1 is 0.846 bits per heavy atom. The Morgan fingerprint density at radius 3 is 2.27 bits per heavy atom. The number of anilines is 1. The van der Waals surface area contributed by atoms with Crippen molar-refractivity contribution < 1.29 is 19.8 Å². The van der Waals surface area contributed by atoms with Crippen molar-refractivity contribution in [2.75, 3.05) is 5.32 Å². The summed E-state index contributed by atoms with van der Waals surface area (Å²) in [5.74, 6) is -1.50. The zero-order chi connectivity index (χ0) is 18.5. The van der Waals surface area contributed by atoms with E-state index in [2.05, 4.69) is 5.32 Å². The molecule has 5 heteroatoms. The zero-order valence-corrected chi connectivity index (χ0v) is 13.8. The van der Waals surface area contributed by atoms with Crippen molar-refractivity contribution in [3.8, 4) is 11.1 Å². The first-order valence-corrected chi connectivity index (χ1v) is 8.02. The van der Waals surface area contributed by atoms with E-state index in [1.807, 2.05) is 18.2 Å². The molecule has 0 spiro atoms. The molecule has 3 aromatic rings. The molecule has 0 aliphatic heterocycles. The molecule has 0 fully saturated rings. The monoisotopic (exact) mass is 347 g/mol. The Bertz CT molecular complexity index is 951. The first-order valence-electron chi connectivity index (χ1n) is 8.02. The quantitative estimate of drug-likeness (QED) is 0.655. The van der Waals surface area contributed by atoms with Crippen LogP contribution in [0.1, 0.15) is 26.3 Å². The SMILES string of the molecule is O=C(Nc1cc(-c2cccc(CO)c2)ccc1C(=O)O)c1ccccc1. The Balaban J connectivity index is 1.99. The Morgan fingerprint density at radius 2 is 1.58 bits per heavy atom. The van der Waals surface area contributed by atoms with Crippen molar-refractivity contribution in [1.29, 1.82) is 0 Å². The van der Waals surface area contributed by atoms with Crippen LogP contribution in [0.2, 0.25) is 0 Å². The van der Waals surface area contributed by atoms with E-state index < -0.39 is 5.97 Å². The van der Waals surface area contributed by atoms with Crippen molar-refractivity contribution in [3.05, 3.63) is 89.5 Å². The molecule has 0 radical (unpaired) electrons. The topological polar surface area (TPSA) is 86.6 Å². The number of rotatable bonds is 5. The van der Waals surface area contributed by atoms with Crippen LogP contribution in [-0.4, -0.2) is 22.1 Å². The molecule has 130 valence electrons. The van der Waals surface area contributed by atoms with Gasteiger partial charge in [0.25, 0.3) is 5.91 Å². The minimum atomic E-state index is -1.12. The number of nitrogens with one attached hydrogen (secondary N) is 1. The number of carbonyl (C=O) groups is 2. The molecule has 0 atom stereocenters. The second-order valence-electron chi connectivity index (χ2n) is 5.74. The fourth-order valence-corrected chi connectivity index (χ4v) is 2.65. The van der Waals surface area contributed by atoms with Gasteiger partial charge < -0.3 is 15.5 Å². The summed E-state index contributed by atoms with van der Waals surface area (Å²) in [7, 11) is 0. The number of aliphatic hydroxyl groups is 1. The number of carboxylic acid groups (broad SMARTS) is 1. The highest BCUT2D eigenvalue weighted by atomic mass is 16.4. The molecule has 0 aromatic heterocycles. The predicted octanol–water partition coefficient (Wildman–Crippen LogP) is 3.80. The summed E-state index contributed by atoms with van der Waals surface area (Å²) in [4.78, 5) is 23.9. The van der Waals surface area contributed by atoms with Gasteiger partial charge in [-0.05, 0) is 47.0 Å². The predicted molar refractivity (Wildman–Crippen MR) is 99.2 cm³/mol. The fraction of sp³-hybridized carbons (Fsp3) is 0.0476. The molecule has 1 amide bonds. The highest BCUT2D eigenvalue weighted by Crippen LogP contribution is 2.27. The third-order valence-corrected chi connectivity index (χ3v) is 3.98. The van der Waals surface area contributed by atoms with Crippen LogP contribution in [0.3, 0.4) is 0 Å². The lowest BCUT2D eigenvalue weighted by Crippen LogP contribution is -2.14. The van der Waals surface area contributed by atoms with Gasteiger partial charge in [0.05, 0.1) is 17.9 Å². The van der Waals surface area contributed by atoms with Crippen LogP contribution in [-0.2, 0) is 6.61 Å². The Labute approximate surface area is 150 Å². The standard InChI is InChI=1S/C21H17NO4/c23-13-14-5-4-8-16(11-14)17-9-10-18(21(25)26)19(12-17)22-20(24)15-6-2-1-3-7-15/h1-12,23H,13H2,(H,22,24)(H,25,26). The van der Waals surface area contributed by atoms with E-state index in [0.29, 0.717) is 5.56 Å². The first kappa shape index (κ1) is 17.4. The molecule has 3 aromatic carbocycles. The maximum absolute atomic E-state index is 12.4. The molecule has 3 N–H and O–H groups in total. The van der Waals surface area contributed by atoms with Crippen LogP contribution < -0.4 is 5.32 Å². The summed E-state index contributed by atoms with van der Waals surface area (Å²) in [6, 6.07) is 20.6. The molecule has 0 unspecified atom stereocenters. The second kappa shape index (κ2) is 7.63. The number of carboxylic acids is 1. The fourth-order valence-electron chi connectivity index (χ4n) is 2.65. The lowest BCUT2D eigenvalue weighted by atomic mass is 10.0. The van der Waals surface area contributed by atoms with Crippen molar-refractivity contribution in [1.82, 2.24) is 0 Å². The highest BCUT2D eigenvalue weighted by molar-refractivity contribution is 6.08. The van der Waals surface area contributed by atoms with Gasteiger partial charge >= 0.3 is 5.97 Å². The Kier molecular flexibility index (Phi) is 5.10. The molecule has 0 bridgehead atoms. The summed E-state index contributed by atoms with van der Waals surface area (Å²) < 4.78 is 0. The smallest absolute Gasteiger partial charge is 0.337 e. The highest BCUT2D eigenvalue weighted by Gasteiger charge is 2.15. The summed E-state index contributed by atoms with van der Waals surface area (Å²) in [6.07, 6.45) is 0. The van der Waals surface area contributed by atoms with Gasteiger partial charge in [0, 0.05) is 5.56 Å². The summed E-state index contributed by atoms with van der Waals surface area (Å²) in [6.45, 7) is -0.0847. The van der Waals surface area contributed by atoms with Gasteiger partial charge in [0.2, 0.25) is 0 Å². The van der Waals surface area contributed by atoms with Gasteiger partial charge in [0.15, 0.2) is 0 Å². The average Bonchev–Trinajstić information content (AvgIpc) is 2.68. The zero-order valence-electron chi connectivity index (χ0n) is 13.8. The van der Waals surface area contributed by atoms with E-state index >= 15 is 0 Å². The van der Waals surface area contributed by atoms with Crippen molar-refractivity contribution in [2.45, 2.75) is 6.61 Å². The van der Waals surface area contributed by atoms with Crippen LogP contribution in [0, 0.1) is 0 Å². The molecular weight excluding hydrogens is 330 g/mol. The molecule has 0 aliphatic carbocycles. The number of amides is 1. The molecular formula is C21H17NO4. The molecule has 26 heavy (non-hydrogen) atoms. The second-order valence-corrected chi connectivity index (χ2v) is 5.74. The molecule has 0 heterocycles. The van der Waals surface area contributed by atoms with Crippen LogP contribution in [0.4, 0.5) is 5.69 Å². The van der Waals surface area contributed by atoms with E-state index in [9.17, 15) is 19.8 Å². The third-order valence-electron chi connectivity index (χ3n) is 3.98. The molecule has 3 rings (SSSR count). The van der Waals surface area contributed by atoms with Gasteiger partial charge in [-0.25, -0.2) is 4.79 Å². The maximum atomic E-state index is 12.4. The van der Waals surface area contributed by atoms with Gasteiger partial charge in [0.1, 0.15) is 0 Å². The number of aromatic carboxylic acids is 1. The number of hydrogen-bond donors (Lipinski definition) is 3. The first-order chi connectivity index (χ1) is 12.6. The van der Waals surface area contributed by atoms with Crippen LogP contribution in [0.5, 0.6) is 0 Å². The minimum absolute atomic E-state index is 0.0105. The van der Waals surface area contributed by atoms with E-state index in [0.717, 1.165) is 16.7 Å². The number of benzene rings is 3. The van der Waals surface area contributed by atoms with Crippen LogP contribution in [0.15, 0.2) is 72.8 Å². The normalized spacial score (nSPS) is 10.3. The van der Waals surface area contributed by atoms with Gasteiger partial charge in [-0.1, -0.05) is 42.5 Å². The molecule has 0 saturated carbocycles. The number of hydrogen-bond acceptors (Lipinski definition) is 3. The average molecular weight is 347 g/mol. The van der Waals surface area contributed by atoms with Crippen molar-refractivity contribution in [3.63, 3.8) is 0 Å². The van der Waals surface area contributed by atoms with Crippen molar-refractivity contribution in [2.24, 2.45) is 0 Å². The van der Waals surface area contributed by atoms with E-state index in [1.165, 1.54) is 6.07 Å². The lowest BCUT2D eigenvalue weighted by molar-refractivity contribution is 0.0698. The van der Waals surface area contributed by atoms with E-state index in [-0.39, 0.29) is 23.8 Å². The minimum Gasteiger partial charge on any atom is -0.478 e. The maximum Gasteiger partial charge on any atom is 0.337 e. The Hall–Kier alpha value is -3.44. The van der Waals surface area contributed by atoms with Gasteiger partial charge in [-0.3, -0.25) is 4.79 Å². The summed E-state index contributed by atoms with van der Waals surface area (Å²) >= 11 is 0. The van der Waals surface area contributed by atoms with E-state index in [1.54, 1.807) is 48.5 Å². The molecule has 5 nitrogen and oxygen atoms in total. The molecule has 0 saturated heterocycles.